The van der Waals surface area contributed by atoms with Crippen LogP contribution in [0.2, 0.25) is 0 Å². The van der Waals surface area contributed by atoms with E-state index in [0.29, 0.717) is 0 Å². The van der Waals surface area contributed by atoms with Crippen molar-refractivity contribution in [3.8, 4) is 0 Å². The fraction of sp³-hybridized carbons (Fsp3) is 0.632. The molecule has 0 atom stereocenters. The van der Waals surface area contributed by atoms with Crippen molar-refractivity contribution in [1.29, 1.82) is 0 Å². The Kier molecular flexibility index (Phi) is 6.44. The van der Waals surface area contributed by atoms with E-state index in [1.807, 2.05) is 4.90 Å². The van der Waals surface area contributed by atoms with Crippen LogP contribution < -0.4 is 4.90 Å². The summed E-state index contributed by atoms with van der Waals surface area (Å²) < 4.78 is 0. The highest BCUT2D eigenvalue weighted by atomic mass is 16.2. The predicted octanol–water partition coefficient (Wildman–Crippen LogP) is 3.79. The van der Waals surface area contributed by atoms with Crippen LogP contribution in [0.4, 0.5) is 5.69 Å². The molecule has 0 radical (unpaired) electrons. The lowest BCUT2D eigenvalue weighted by atomic mass is 10.0. The number of rotatable bonds is 6. The molecule has 2 rings (SSSR count). The highest BCUT2D eigenvalue weighted by Crippen LogP contribution is 2.22. The number of carbonyl (C=O) groups is 1. The Morgan fingerprint density at radius 3 is 2.55 bits per heavy atom. The molecule has 0 saturated carbocycles. The third-order valence-corrected chi connectivity index (χ3v) is 4.56. The van der Waals surface area contributed by atoms with Crippen molar-refractivity contribution in [2.75, 3.05) is 31.1 Å². The number of nitrogens with zero attached hydrogens (tertiary/aromatic N) is 2. The van der Waals surface area contributed by atoms with E-state index in [4.69, 9.17) is 0 Å². The van der Waals surface area contributed by atoms with Crippen LogP contribution in [0.15, 0.2) is 18.2 Å². The minimum atomic E-state index is 0.142. The second-order valence-electron chi connectivity index (χ2n) is 6.44. The third-order valence-electron chi connectivity index (χ3n) is 4.56. The molecule has 1 aliphatic heterocycles. The van der Waals surface area contributed by atoms with Gasteiger partial charge in [0, 0.05) is 25.7 Å². The average Bonchev–Trinajstić information content (AvgIpc) is 2.50. The lowest BCUT2D eigenvalue weighted by Crippen LogP contribution is -2.40. The molecule has 3 heteroatoms. The fourth-order valence-electron chi connectivity index (χ4n) is 3.34. The number of benzene rings is 1. The van der Waals surface area contributed by atoms with Gasteiger partial charge in [0.2, 0.25) is 5.91 Å². The second kappa shape index (κ2) is 8.33. The van der Waals surface area contributed by atoms with Gasteiger partial charge in [0.15, 0.2) is 0 Å². The van der Waals surface area contributed by atoms with Crippen LogP contribution in [0.5, 0.6) is 0 Å². The van der Waals surface area contributed by atoms with Crippen LogP contribution in [0.3, 0.4) is 0 Å². The first kappa shape index (κ1) is 17.0. The Bertz CT molecular complexity index is 492. The van der Waals surface area contributed by atoms with E-state index >= 15 is 0 Å². The van der Waals surface area contributed by atoms with Gasteiger partial charge in [0.1, 0.15) is 0 Å². The van der Waals surface area contributed by atoms with Crippen molar-refractivity contribution in [2.45, 2.75) is 52.9 Å². The quantitative estimate of drug-likeness (QED) is 0.798. The van der Waals surface area contributed by atoms with E-state index in [-0.39, 0.29) is 5.91 Å². The van der Waals surface area contributed by atoms with Crippen molar-refractivity contribution < 1.29 is 4.79 Å². The van der Waals surface area contributed by atoms with E-state index in [0.717, 1.165) is 31.6 Å². The van der Waals surface area contributed by atoms with Gasteiger partial charge in [0.25, 0.3) is 0 Å². The Hall–Kier alpha value is -1.35. The minimum Gasteiger partial charge on any atom is -0.311 e. The molecule has 1 aliphatic rings. The molecular formula is C19H30N2O. The highest BCUT2D eigenvalue weighted by molar-refractivity contribution is 5.92. The average molecular weight is 302 g/mol. The standard InChI is InChI=1S/C19H30N2O/c1-4-8-18-9-10-19(16(2)15-18)21(17(3)22)14-13-20-11-6-5-7-12-20/h9-10,15H,4-8,11-14H2,1-3H3. The number of aryl methyl sites for hydroxylation is 2. The monoisotopic (exact) mass is 302 g/mol. The van der Waals surface area contributed by atoms with Crippen LogP contribution in [0, 0.1) is 6.92 Å². The number of likely N-dealkylation sites (tertiary alicyclic amines) is 1. The van der Waals surface area contributed by atoms with Gasteiger partial charge in [0.05, 0.1) is 0 Å². The summed E-state index contributed by atoms with van der Waals surface area (Å²) in [5, 5.41) is 0. The molecule has 0 spiro atoms. The van der Waals surface area contributed by atoms with Crippen molar-refractivity contribution >= 4 is 11.6 Å². The second-order valence-corrected chi connectivity index (χ2v) is 6.44. The Balaban J connectivity index is 2.05. The molecule has 1 heterocycles. The minimum absolute atomic E-state index is 0.142. The molecule has 0 unspecified atom stereocenters. The zero-order valence-electron chi connectivity index (χ0n) is 14.4. The predicted molar refractivity (Wildman–Crippen MR) is 93.5 cm³/mol. The van der Waals surface area contributed by atoms with Gasteiger partial charge in [-0.05, 0) is 56.5 Å². The number of carbonyl (C=O) groups excluding carboxylic acids is 1. The summed E-state index contributed by atoms with van der Waals surface area (Å²) in [4.78, 5) is 16.5. The first-order valence-electron chi connectivity index (χ1n) is 8.71. The number of anilines is 1. The molecule has 22 heavy (non-hydrogen) atoms. The molecule has 1 saturated heterocycles. The Labute approximate surface area is 135 Å². The molecule has 1 fully saturated rings. The van der Waals surface area contributed by atoms with E-state index < -0.39 is 0 Å². The molecule has 0 aromatic heterocycles. The van der Waals surface area contributed by atoms with Crippen LogP contribution in [0.25, 0.3) is 0 Å². The largest absolute Gasteiger partial charge is 0.311 e. The molecule has 0 N–H and O–H groups in total. The van der Waals surface area contributed by atoms with Crippen molar-refractivity contribution in [3.05, 3.63) is 29.3 Å². The van der Waals surface area contributed by atoms with E-state index in [9.17, 15) is 4.79 Å². The van der Waals surface area contributed by atoms with Crippen LogP contribution in [-0.2, 0) is 11.2 Å². The SMILES string of the molecule is CCCc1ccc(N(CCN2CCCCC2)C(C)=O)c(C)c1. The summed E-state index contributed by atoms with van der Waals surface area (Å²) in [7, 11) is 0. The molecular weight excluding hydrogens is 272 g/mol. The third kappa shape index (κ3) is 4.57. The number of piperidine rings is 1. The first-order valence-corrected chi connectivity index (χ1v) is 8.71. The van der Waals surface area contributed by atoms with Gasteiger partial charge in [-0.2, -0.15) is 0 Å². The van der Waals surface area contributed by atoms with E-state index in [1.54, 1.807) is 6.92 Å². The summed E-state index contributed by atoms with van der Waals surface area (Å²) in [6.45, 7) is 10.1. The lowest BCUT2D eigenvalue weighted by molar-refractivity contribution is -0.116. The summed E-state index contributed by atoms with van der Waals surface area (Å²) in [6, 6.07) is 6.52. The van der Waals surface area contributed by atoms with Gasteiger partial charge in [-0.3, -0.25) is 4.79 Å². The molecule has 0 aliphatic carbocycles. The van der Waals surface area contributed by atoms with Gasteiger partial charge in [-0.15, -0.1) is 0 Å². The normalized spacial score (nSPS) is 15.8. The zero-order valence-corrected chi connectivity index (χ0v) is 14.4. The molecule has 3 nitrogen and oxygen atoms in total. The maximum Gasteiger partial charge on any atom is 0.223 e. The van der Waals surface area contributed by atoms with Crippen molar-refractivity contribution in [2.24, 2.45) is 0 Å². The van der Waals surface area contributed by atoms with Gasteiger partial charge in [-0.25, -0.2) is 0 Å². The van der Waals surface area contributed by atoms with Crippen molar-refractivity contribution in [3.63, 3.8) is 0 Å². The molecule has 1 amide bonds. The summed E-state index contributed by atoms with van der Waals surface area (Å²) >= 11 is 0. The fourth-order valence-corrected chi connectivity index (χ4v) is 3.34. The zero-order chi connectivity index (χ0) is 15.9. The van der Waals surface area contributed by atoms with Gasteiger partial charge in [-0.1, -0.05) is 31.9 Å². The lowest BCUT2D eigenvalue weighted by Gasteiger charge is -2.30. The molecule has 122 valence electrons. The van der Waals surface area contributed by atoms with Crippen molar-refractivity contribution in [1.82, 2.24) is 4.90 Å². The van der Waals surface area contributed by atoms with Crippen LogP contribution in [-0.4, -0.2) is 37.0 Å². The summed E-state index contributed by atoms with van der Waals surface area (Å²) in [5.74, 6) is 0.142. The smallest absolute Gasteiger partial charge is 0.223 e. The topological polar surface area (TPSA) is 23.6 Å². The number of hydrogen-bond acceptors (Lipinski definition) is 2. The molecule has 0 bridgehead atoms. The Morgan fingerprint density at radius 1 is 1.23 bits per heavy atom. The number of hydrogen-bond donors (Lipinski definition) is 0. The van der Waals surface area contributed by atoms with E-state index in [2.05, 4.69) is 36.9 Å². The van der Waals surface area contributed by atoms with Crippen LogP contribution >= 0.6 is 0 Å². The Morgan fingerprint density at radius 2 is 1.95 bits per heavy atom. The van der Waals surface area contributed by atoms with E-state index in [1.165, 1.54) is 43.5 Å². The number of amides is 1. The molecule has 1 aromatic carbocycles. The van der Waals surface area contributed by atoms with Gasteiger partial charge < -0.3 is 9.80 Å². The molecule has 1 aromatic rings. The summed E-state index contributed by atoms with van der Waals surface area (Å²) in [5.41, 5.74) is 3.65. The maximum absolute atomic E-state index is 12.1. The highest BCUT2D eigenvalue weighted by Gasteiger charge is 2.17. The first-order chi connectivity index (χ1) is 10.6. The maximum atomic E-state index is 12.1. The summed E-state index contributed by atoms with van der Waals surface area (Å²) in [6.07, 6.45) is 6.21. The van der Waals surface area contributed by atoms with Crippen LogP contribution in [0.1, 0.15) is 50.7 Å². The van der Waals surface area contributed by atoms with Gasteiger partial charge >= 0.3 is 0 Å².